The topological polar surface area (TPSA) is 28.5 Å². The van der Waals surface area contributed by atoms with Gasteiger partial charge in [0.25, 0.3) is 0 Å². The summed E-state index contributed by atoms with van der Waals surface area (Å²) in [5.74, 6) is 0. The molecule has 2 aromatic carbocycles. The van der Waals surface area contributed by atoms with Crippen molar-refractivity contribution in [2.75, 3.05) is 25.0 Å². The highest BCUT2D eigenvalue weighted by Crippen LogP contribution is 2.21. The van der Waals surface area contributed by atoms with E-state index in [0.29, 0.717) is 11.2 Å². The minimum absolute atomic E-state index is 0.310. The van der Waals surface area contributed by atoms with Gasteiger partial charge in [-0.05, 0) is 49.3 Å². The monoisotopic (exact) mass is 388 g/mol. The second-order valence-electron chi connectivity index (χ2n) is 7.09. The van der Waals surface area contributed by atoms with Gasteiger partial charge < -0.3 is 15.5 Å². The first-order valence-corrected chi connectivity index (χ1v) is 10.0. The van der Waals surface area contributed by atoms with E-state index in [2.05, 4.69) is 54.8 Å². The first-order valence-electron chi connectivity index (χ1n) is 9.25. The summed E-state index contributed by atoms with van der Waals surface area (Å²) < 4.78 is 0. The molecule has 138 valence electrons. The summed E-state index contributed by atoms with van der Waals surface area (Å²) in [6.45, 7) is 7.33. The summed E-state index contributed by atoms with van der Waals surface area (Å²) in [5.41, 5.74) is 4.67. The Hall–Kier alpha value is -1.62. The number of nitrogens with one attached hydrogen (secondary N) is 3. The van der Waals surface area contributed by atoms with Crippen molar-refractivity contribution in [3.8, 4) is 0 Å². The average Bonchev–Trinajstić information content (AvgIpc) is 3.14. The Labute approximate surface area is 166 Å². The second-order valence-corrected chi connectivity index (χ2v) is 7.91. The van der Waals surface area contributed by atoms with Gasteiger partial charge in [0.15, 0.2) is 5.11 Å². The number of aryl methyl sites for hydroxylation is 2. The van der Waals surface area contributed by atoms with E-state index in [1.54, 1.807) is 4.90 Å². The maximum absolute atomic E-state index is 6.49. The van der Waals surface area contributed by atoms with E-state index in [-0.39, 0.29) is 0 Å². The van der Waals surface area contributed by atoms with Crippen LogP contribution in [0.25, 0.3) is 0 Å². The molecule has 3 N–H and O–H groups in total. The number of anilines is 1. The number of rotatable bonds is 5. The number of benzene rings is 2. The van der Waals surface area contributed by atoms with Gasteiger partial charge in [0.1, 0.15) is 6.04 Å². The predicted molar refractivity (Wildman–Crippen MR) is 114 cm³/mol. The Morgan fingerprint density at radius 2 is 1.88 bits per heavy atom. The number of hydrogen-bond acceptors (Lipinski definition) is 1. The minimum atomic E-state index is 0.310. The number of quaternary nitrogens is 1. The van der Waals surface area contributed by atoms with Crippen LogP contribution in [0.3, 0.4) is 0 Å². The van der Waals surface area contributed by atoms with Crippen LogP contribution in [0.5, 0.6) is 0 Å². The molecule has 3 nitrogen and oxygen atoms in total. The van der Waals surface area contributed by atoms with Crippen molar-refractivity contribution in [2.45, 2.75) is 32.7 Å². The maximum atomic E-state index is 6.49. The highest BCUT2D eigenvalue weighted by atomic mass is 35.5. The molecule has 1 fully saturated rings. The molecule has 1 heterocycles. The molecule has 0 aliphatic carbocycles. The van der Waals surface area contributed by atoms with Crippen LogP contribution < -0.4 is 15.5 Å². The van der Waals surface area contributed by atoms with Crippen molar-refractivity contribution in [1.82, 2.24) is 5.32 Å². The van der Waals surface area contributed by atoms with Crippen LogP contribution in [0, 0.1) is 13.8 Å². The Morgan fingerprint density at radius 3 is 2.62 bits per heavy atom. The Kier molecular flexibility index (Phi) is 6.52. The molecule has 0 unspecified atom stereocenters. The van der Waals surface area contributed by atoms with Crippen LogP contribution in [-0.4, -0.2) is 24.7 Å². The molecule has 0 spiro atoms. The van der Waals surface area contributed by atoms with Crippen molar-refractivity contribution in [3.05, 3.63) is 64.2 Å². The predicted octanol–water partition coefficient (Wildman–Crippen LogP) is 3.66. The van der Waals surface area contributed by atoms with Crippen LogP contribution in [0.4, 0.5) is 5.69 Å². The second kappa shape index (κ2) is 8.85. The lowest BCUT2D eigenvalue weighted by Crippen LogP contribution is -3.11. The lowest BCUT2D eigenvalue weighted by molar-refractivity contribution is -0.918. The van der Waals surface area contributed by atoms with Crippen molar-refractivity contribution < 1.29 is 4.90 Å². The number of thiocarbonyl (C=S) groups is 1. The summed E-state index contributed by atoms with van der Waals surface area (Å²) >= 11 is 12.0. The molecule has 0 radical (unpaired) electrons. The molecule has 5 heteroatoms. The van der Waals surface area contributed by atoms with E-state index in [4.69, 9.17) is 23.8 Å². The van der Waals surface area contributed by atoms with Crippen LogP contribution in [0.2, 0.25) is 5.02 Å². The smallest absolute Gasteiger partial charge is 0.171 e. The first kappa shape index (κ1) is 19.2. The lowest BCUT2D eigenvalue weighted by Gasteiger charge is -2.26. The van der Waals surface area contributed by atoms with Gasteiger partial charge in [0, 0.05) is 29.1 Å². The summed E-state index contributed by atoms with van der Waals surface area (Å²) in [4.78, 5) is 1.58. The zero-order valence-corrected chi connectivity index (χ0v) is 17.0. The molecule has 0 aromatic heterocycles. The third-order valence-corrected chi connectivity index (χ3v) is 5.72. The molecule has 0 saturated carbocycles. The molecule has 1 saturated heterocycles. The summed E-state index contributed by atoms with van der Waals surface area (Å²) in [6.07, 6.45) is 2.56. The zero-order chi connectivity index (χ0) is 18.5. The van der Waals surface area contributed by atoms with Gasteiger partial charge in [0.2, 0.25) is 0 Å². The Bertz CT molecular complexity index is 772. The van der Waals surface area contributed by atoms with E-state index in [0.717, 1.165) is 17.3 Å². The largest absolute Gasteiger partial charge is 0.356 e. The van der Waals surface area contributed by atoms with Gasteiger partial charge in [-0.15, -0.1) is 0 Å². The van der Waals surface area contributed by atoms with Gasteiger partial charge in [-0.25, -0.2) is 0 Å². The molecule has 1 aliphatic heterocycles. The molecule has 0 amide bonds. The average molecular weight is 389 g/mol. The third-order valence-electron chi connectivity index (χ3n) is 5.13. The van der Waals surface area contributed by atoms with Crippen molar-refractivity contribution in [2.24, 2.45) is 0 Å². The molecule has 26 heavy (non-hydrogen) atoms. The fraction of sp³-hybridized carbons (Fsp3) is 0.381. The van der Waals surface area contributed by atoms with Crippen LogP contribution in [0.1, 0.15) is 35.6 Å². The van der Waals surface area contributed by atoms with Gasteiger partial charge >= 0.3 is 0 Å². The van der Waals surface area contributed by atoms with Crippen molar-refractivity contribution >= 4 is 34.6 Å². The summed E-state index contributed by atoms with van der Waals surface area (Å²) in [7, 11) is 0. The molecule has 1 aliphatic rings. The van der Waals surface area contributed by atoms with E-state index in [1.165, 1.54) is 42.6 Å². The highest BCUT2D eigenvalue weighted by Gasteiger charge is 2.28. The summed E-state index contributed by atoms with van der Waals surface area (Å²) in [6, 6.07) is 14.8. The molecular weight excluding hydrogens is 362 g/mol. The fourth-order valence-corrected chi connectivity index (χ4v) is 4.10. The number of hydrogen-bond donors (Lipinski definition) is 3. The number of halogens is 1. The van der Waals surface area contributed by atoms with Gasteiger partial charge in [-0.1, -0.05) is 41.9 Å². The highest BCUT2D eigenvalue weighted by molar-refractivity contribution is 7.80. The Balaban J connectivity index is 1.68. The number of likely N-dealkylation sites (tertiary alicyclic amines) is 1. The molecule has 1 atom stereocenters. The van der Waals surface area contributed by atoms with Crippen molar-refractivity contribution in [3.63, 3.8) is 0 Å². The first-order chi connectivity index (χ1) is 12.5. The molecular formula is C21H27ClN3S+. The summed E-state index contributed by atoms with van der Waals surface area (Å²) in [5, 5.41) is 8.26. The minimum Gasteiger partial charge on any atom is -0.356 e. The quantitative estimate of drug-likeness (QED) is 0.682. The lowest BCUT2D eigenvalue weighted by atomic mass is 10.1. The van der Waals surface area contributed by atoms with E-state index in [1.807, 2.05) is 12.1 Å². The van der Waals surface area contributed by atoms with E-state index in [9.17, 15) is 0 Å². The standard InChI is InChI=1S/C21H26ClN3S/c1-15-9-10-16(2)19(13-15)24-21(26)23-14-20(25-11-5-6-12-25)17-7-3-4-8-18(17)22/h3-4,7-10,13,20H,5-6,11-12,14H2,1-2H3,(H2,23,24,26)/p+1/t20-/m1/s1. The van der Waals surface area contributed by atoms with Gasteiger partial charge in [-0.2, -0.15) is 0 Å². The van der Waals surface area contributed by atoms with E-state index < -0.39 is 0 Å². The fourth-order valence-electron chi connectivity index (χ4n) is 3.64. The van der Waals surface area contributed by atoms with Crippen LogP contribution in [0.15, 0.2) is 42.5 Å². The van der Waals surface area contributed by atoms with Crippen LogP contribution in [-0.2, 0) is 0 Å². The van der Waals surface area contributed by atoms with Crippen LogP contribution >= 0.6 is 23.8 Å². The maximum Gasteiger partial charge on any atom is 0.171 e. The third kappa shape index (κ3) is 4.76. The van der Waals surface area contributed by atoms with E-state index >= 15 is 0 Å². The molecule has 0 bridgehead atoms. The zero-order valence-electron chi connectivity index (χ0n) is 15.4. The SMILES string of the molecule is Cc1ccc(C)c(NC(=S)NC[C@H](c2ccccc2Cl)[NH+]2CCCC2)c1. The molecule has 3 rings (SSSR count). The van der Waals surface area contributed by atoms with Crippen molar-refractivity contribution in [1.29, 1.82) is 0 Å². The van der Waals surface area contributed by atoms with Gasteiger partial charge in [0.05, 0.1) is 19.6 Å². The Morgan fingerprint density at radius 1 is 1.15 bits per heavy atom. The molecule has 2 aromatic rings. The normalized spacial score (nSPS) is 15.7. The van der Waals surface area contributed by atoms with Gasteiger partial charge in [-0.3, -0.25) is 0 Å².